The van der Waals surface area contributed by atoms with E-state index >= 15 is 0 Å². The Kier molecular flexibility index (Phi) is 4.30. The highest BCUT2D eigenvalue weighted by Gasteiger charge is 2.03. The molecule has 0 amide bonds. The first-order valence-electron chi connectivity index (χ1n) is 6.64. The Morgan fingerprint density at radius 2 is 2.05 bits per heavy atom. The average Bonchev–Trinajstić information content (AvgIpc) is 3.11. The summed E-state index contributed by atoms with van der Waals surface area (Å²) in [6, 6.07) is 8.16. The second-order valence-corrected chi connectivity index (χ2v) is 6.57. The maximum absolute atomic E-state index is 12.2. The Bertz CT molecular complexity index is 728. The van der Waals surface area contributed by atoms with Gasteiger partial charge in [-0.15, -0.1) is 22.7 Å². The smallest absolute Gasteiger partial charge is 0.259 e. The predicted molar refractivity (Wildman–Crippen MR) is 87.0 cm³/mol. The molecule has 0 saturated heterocycles. The summed E-state index contributed by atoms with van der Waals surface area (Å²) in [4.78, 5) is 13.6. The van der Waals surface area contributed by atoms with Gasteiger partial charge in [-0.3, -0.25) is 4.79 Å². The van der Waals surface area contributed by atoms with Crippen molar-refractivity contribution in [1.29, 1.82) is 0 Å². The Morgan fingerprint density at radius 1 is 1.10 bits per heavy atom. The first kappa shape index (κ1) is 13.5. The molecule has 0 aromatic carbocycles. The van der Waals surface area contributed by atoms with Gasteiger partial charge in [-0.05, 0) is 35.4 Å². The summed E-state index contributed by atoms with van der Waals surface area (Å²) in [7, 11) is 0. The van der Waals surface area contributed by atoms with Gasteiger partial charge < -0.3 is 9.88 Å². The lowest BCUT2D eigenvalue weighted by Gasteiger charge is -2.07. The fourth-order valence-corrected chi connectivity index (χ4v) is 3.66. The predicted octanol–water partition coefficient (Wildman–Crippen LogP) is 2.96. The fraction of sp³-hybridized carbons (Fsp3) is 0.267. The molecule has 0 aliphatic heterocycles. The van der Waals surface area contributed by atoms with Crippen molar-refractivity contribution in [2.75, 3.05) is 13.1 Å². The van der Waals surface area contributed by atoms with Gasteiger partial charge in [0.1, 0.15) is 0 Å². The highest BCUT2D eigenvalue weighted by Crippen LogP contribution is 2.16. The molecule has 0 atom stereocenters. The fourth-order valence-electron chi connectivity index (χ4n) is 2.17. The van der Waals surface area contributed by atoms with Crippen LogP contribution in [0.25, 0.3) is 10.1 Å². The zero-order valence-corrected chi connectivity index (χ0v) is 12.7. The van der Waals surface area contributed by atoms with Gasteiger partial charge in [-0.2, -0.15) is 0 Å². The molecule has 0 spiro atoms. The molecule has 0 aliphatic carbocycles. The minimum absolute atomic E-state index is 0.115. The normalized spacial score (nSPS) is 11.2. The first-order valence-corrected chi connectivity index (χ1v) is 8.40. The lowest BCUT2D eigenvalue weighted by Crippen LogP contribution is -2.27. The second-order valence-electron chi connectivity index (χ2n) is 4.59. The first-order chi connectivity index (χ1) is 9.84. The summed E-state index contributed by atoms with van der Waals surface area (Å²) in [5.41, 5.74) is 0.115. The van der Waals surface area contributed by atoms with Gasteiger partial charge in [0.25, 0.3) is 5.56 Å². The maximum atomic E-state index is 12.2. The molecule has 0 fully saturated rings. The van der Waals surface area contributed by atoms with E-state index in [2.05, 4.69) is 22.8 Å². The van der Waals surface area contributed by atoms with E-state index in [4.69, 9.17) is 0 Å². The molecule has 3 aromatic heterocycles. The molecule has 3 rings (SSSR count). The van der Waals surface area contributed by atoms with Crippen LogP contribution in [0.5, 0.6) is 0 Å². The van der Waals surface area contributed by atoms with E-state index in [1.54, 1.807) is 27.2 Å². The standard InChI is InChI=1S/C15H16N2OS2/c18-15-13-5-11-20-14(13)4-8-17(15)9-7-16-6-3-12-2-1-10-19-12/h1-2,4-5,8,10-11,16H,3,6-7,9H2. The molecule has 0 saturated carbocycles. The molecular weight excluding hydrogens is 288 g/mol. The highest BCUT2D eigenvalue weighted by atomic mass is 32.1. The molecule has 1 N–H and O–H groups in total. The molecule has 3 nitrogen and oxygen atoms in total. The van der Waals surface area contributed by atoms with Crippen LogP contribution in [0.3, 0.4) is 0 Å². The van der Waals surface area contributed by atoms with E-state index < -0.39 is 0 Å². The molecule has 3 heterocycles. The van der Waals surface area contributed by atoms with Crippen molar-refractivity contribution in [3.8, 4) is 0 Å². The SMILES string of the molecule is O=c1c2ccsc2ccn1CCNCCc1cccs1. The van der Waals surface area contributed by atoms with Crippen LogP contribution in [0, 0.1) is 0 Å². The molecule has 0 bridgehead atoms. The van der Waals surface area contributed by atoms with E-state index in [0.29, 0.717) is 0 Å². The number of rotatable bonds is 6. The van der Waals surface area contributed by atoms with Gasteiger partial charge in [-0.25, -0.2) is 0 Å². The van der Waals surface area contributed by atoms with Gasteiger partial charge in [0.2, 0.25) is 0 Å². The summed E-state index contributed by atoms with van der Waals surface area (Å²) in [6.07, 6.45) is 2.94. The number of nitrogens with zero attached hydrogens (tertiary/aromatic N) is 1. The van der Waals surface area contributed by atoms with Gasteiger partial charge in [-0.1, -0.05) is 6.07 Å². The van der Waals surface area contributed by atoms with E-state index in [1.165, 1.54) is 4.88 Å². The van der Waals surface area contributed by atoms with Gasteiger partial charge in [0.05, 0.1) is 5.39 Å². The van der Waals surface area contributed by atoms with E-state index in [1.807, 2.05) is 23.7 Å². The van der Waals surface area contributed by atoms with Crippen molar-refractivity contribution < 1.29 is 0 Å². The van der Waals surface area contributed by atoms with Gasteiger partial charge in [0.15, 0.2) is 0 Å². The second kappa shape index (κ2) is 6.35. The topological polar surface area (TPSA) is 34.0 Å². The lowest BCUT2D eigenvalue weighted by atomic mass is 10.3. The summed E-state index contributed by atoms with van der Waals surface area (Å²) < 4.78 is 2.85. The Hall–Kier alpha value is -1.43. The number of fused-ring (bicyclic) bond motifs is 1. The number of pyridine rings is 1. The largest absolute Gasteiger partial charge is 0.315 e. The minimum atomic E-state index is 0.115. The summed E-state index contributed by atoms with van der Waals surface area (Å²) in [6.45, 7) is 2.49. The van der Waals surface area contributed by atoms with Crippen LogP contribution in [-0.4, -0.2) is 17.7 Å². The van der Waals surface area contributed by atoms with Crippen LogP contribution in [0.2, 0.25) is 0 Å². The molecule has 0 aliphatic rings. The Balaban J connectivity index is 1.52. The van der Waals surface area contributed by atoms with E-state index in [9.17, 15) is 4.79 Å². The molecule has 3 aromatic rings. The van der Waals surface area contributed by atoms with Crippen LogP contribution in [0.15, 0.2) is 46.0 Å². The number of aromatic nitrogens is 1. The van der Waals surface area contributed by atoms with Gasteiger partial charge >= 0.3 is 0 Å². The quantitative estimate of drug-likeness (QED) is 0.710. The maximum Gasteiger partial charge on any atom is 0.259 e. The van der Waals surface area contributed by atoms with Crippen molar-refractivity contribution in [2.24, 2.45) is 0 Å². The van der Waals surface area contributed by atoms with E-state index in [-0.39, 0.29) is 5.56 Å². The Morgan fingerprint density at radius 3 is 2.90 bits per heavy atom. The summed E-state index contributed by atoms with van der Waals surface area (Å²) in [5.74, 6) is 0. The lowest BCUT2D eigenvalue weighted by molar-refractivity contribution is 0.590. The summed E-state index contributed by atoms with van der Waals surface area (Å²) >= 11 is 3.40. The molecule has 0 radical (unpaired) electrons. The molecule has 20 heavy (non-hydrogen) atoms. The Labute approximate surface area is 125 Å². The third kappa shape index (κ3) is 3.00. The zero-order chi connectivity index (χ0) is 13.8. The minimum Gasteiger partial charge on any atom is -0.315 e. The zero-order valence-electron chi connectivity index (χ0n) is 11.0. The number of nitrogens with one attached hydrogen (secondary N) is 1. The third-order valence-corrected chi connectivity index (χ3v) is 5.07. The van der Waals surface area contributed by atoms with Crippen molar-refractivity contribution in [2.45, 2.75) is 13.0 Å². The number of hydrogen-bond donors (Lipinski definition) is 1. The van der Waals surface area contributed by atoms with Crippen molar-refractivity contribution in [3.63, 3.8) is 0 Å². The molecule has 5 heteroatoms. The third-order valence-electron chi connectivity index (χ3n) is 3.25. The molecule has 104 valence electrons. The average molecular weight is 304 g/mol. The van der Waals surface area contributed by atoms with E-state index in [0.717, 1.165) is 36.1 Å². The summed E-state index contributed by atoms with van der Waals surface area (Å²) in [5, 5.41) is 8.29. The number of hydrogen-bond acceptors (Lipinski definition) is 4. The van der Waals surface area contributed by atoms with Crippen LogP contribution < -0.4 is 10.9 Å². The van der Waals surface area contributed by atoms with Crippen LogP contribution in [0.1, 0.15) is 4.88 Å². The highest BCUT2D eigenvalue weighted by molar-refractivity contribution is 7.17. The van der Waals surface area contributed by atoms with Crippen molar-refractivity contribution >= 4 is 32.8 Å². The van der Waals surface area contributed by atoms with Crippen molar-refractivity contribution in [3.05, 3.63) is 56.5 Å². The van der Waals surface area contributed by atoms with Crippen molar-refractivity contribution in [1.82, 2.24) is 9.88 Å². The molecular formula is C15H16N2OS2. The molecule has 0 unspecified atom stereocenters. The van der Waals surface area contributed by atoms with Crippen LogP contribution in [0.4, 0.5) is 0 Å². The van der Waals surface area contributed by atoms with Gasteiger partial charge in [0, 0.05) is 35.4 Å². The van der Waals surface area contributed by atoms with Crippen LogP contribution in [-0.2, 0) is 13.0 Å². The number of thiophene rings is 2. The van der Waals surface area contributed by atoms with Crippen LogP contribution >= 0.6 is 22.7 Å². The monoisotopic (exact) mass is 304 g/mol.